The molecule has 0 unspecified atom stereocenters. The van der Waals surface area contributed by atoms with Gasteiger partial charge in [-0.15, -0.1) is 11.3 Å². The third-order valence-electron chi connectivity index (χ3n) is 1.57. The van der Waals surface area contributed by atoms with Crippen LogP contribution in [-0.4, -0.2) is 5.11 Å². The molecule has 0 spiro atoms. The maximum Gasteiger partial charge on any atom is 0.191 e. The molecule has 0 aliphatic heterocycles. The summed E-state index contributed by atoms with van der Waals surface area (Å²) in [6.45, 7) is 0. The third kappa shape index (κ3) is 1.11. The topological polar surface area (TPSA) is 20.2 Å². The van der Waals surface area contributed by atoms with Crippen molar-refractivity contribution in [2.75, 3.05) is 0 Å². The van der Waals surface area contributed by atoms with Gasteiger partial charge in [0.15, 0.2) is 5.13 Å². The molecule has 0 fully saturated rings. The van der Waals surface area contributed by atoms with Gasteiger partial charge in [0, 0.05) is 10.1 Å². The van der Waals surface area contributed by atoms with Gasteiger partial charge < -0.3 is 5.11 Å². The molecule has 0 bridgehead atoms. The van der Waals surface area contributed by atoms with Crippen molar-refractivity contribution in [2.45, 2.75) is 0 Å². The highest BCUT2D eigenvalue weighted by Gasteiger charge is 2.08. The molecule has 0 aliphatic rings. The Kier molecular flexibility index (Phi) is 1.81. The number of hydrogen-bond acceptors (Lipinski definition) is 2. The molecule has 0 saturated heterocycles. The molecule has 1 N–H and O–H groups in total. The van der Waals surface area contributed by atoms with Crippen LogP contribution in [0.1, 0.15) is 0 Å². The van der Waals surface area contributed by atoms with Crippen molar-refractivity contribution in [1.29, 1.82) is 0 Å². The van der Waals surface area contributed by atoms with Gasteiger partial charge in [0.2, 0.25) is 0 Å². The second-order valence-electron chi connectivity index (χ2n) is 2.37. The summed E-state index contributed by atoms with van der Waals surface area (Å²) in [6, 6.07) is 4.78. The van der Waals surface area contributed by atoms with Crippen LogP contribution >= 0.6 is 27.3 Å². The highest BCUT2D eigenvalue weighted by Crippen LogP contribution is 2.35. The van der Waals surface area contributed by atoms with Crippen LogP contribution in [0.25, 0.3) is 10.1 Å². The van der Waals surface area contributed by atoms with E-state index in [2.05, 4.69) is 15.9 Å². The van der Waals surface area contributed by atoms with Gasteiger partial charge in [0.25, 0.3) is 0 Å². The summed E-state index contributed by atoms with van der Waals surface area (Å²) in [6.07, 6.45) is 0. The number of thiophene rings is 1. The molecule has 0 aliphatic carbocycles. The normalized spacial score (nSPS) is 10.8. The Hall–Kier alpha value is -0.610. The fourth-order valence-corrected chi connectivity index (χ4v) is 2.53. The third-order valence-corrected chi connectivity index (χ3v) is 3.57. The molecule has 0 amide bonds. The summed E-state index contributed by atoms with van der Waals surface area (Å²) in [7, 11) is 0. The van der Waals surface area contributed by atoms with E-state index in [9.17, 15) is 4.39 Å². The van der Waals surface area contributed by atoms with Gasteiger partial charge in [0.05, 0.1) is 4.47 Å². The zero-order chi connectivity index (χ0) is 8.72. The van der Waals surface area contributed by atoms with Crippen LogP contribution in [0.5, 0.6) is 5.75 Å². The lowest BCUT2D eigenvalue weighted by molar-refractivity contribution is 0.476. The smallest absolute Gasteiger partial charge is 0.191 e. The second-order valence-corrected chi connectivity index (χ2v) is 4.17. The number of halogens is 2. The fraction of sp³-hybridized carbons (Fsp3) is 0. The van der Waals surface area contributed by atoms with Crippen LogP contribution in [0.2, 0.25) is 0 Å². The Bertz CT molecular complexity index is 438. The van der Waals surface area contributed by atoms with Gasteiger partial charge in [-0.05, 0) is 34.1 Å². The Morgan fingerprint density at radius 3 is 2.92 bits per heavy atom. The first-order valence-electron chi connectivity index (χ1n) is 3.25. The van der Waals surface area contributed by atoms with Gasteiger partial charge in [-0.3, -0.25) is 0 Å². The van der Waals surface area contributed by atoms with Crippen LogP contribution in [0.15, 0.2) is 22.7 Å². The van der Waals surface area contributed by atoms with E-state index in [0.29, 0.717) is 4.47 Å². The maximum atomic E-state index is 13.0. The predicted molar refractivity (Wildman–Crippen MR) is 51.1 cm³/mol. The Morgan fingerprint density at radius 1 is 1.42 bits per heavy atom. The number of phenolic OH excluding ortho intramolecular Hbond substituents is 1. The van der Waals surface area contributed by atoms with Gasteiger partial charge in [-0.1, -0.05) is 0 Å². The van der Waals surface area contributed by atoms with Crippen LogP contribution in [0.4, 0.5) is 4.39 Å². The quantitative estimate of drug-likeness (QED) is 0.755. The number of aromatic hydroxyl groups is 1. The van der Waals surface area contributed by atoms with Gasteiger partial charge >= 0.3 is 0 Å². The minimum Gasteiger partial charge on any atom is -0.508 e. The molecule has 1 nitrogen and oxygen atoms in total. The van der Waals surface area contributed by atoms with Gasteiger partial charge in [0.1, 0.15) is 5.75 Å². The molecular weight excluding hydrogens is 243 g/mol. The molecule has 1 heterocycles. The van der Waals surface area contributed by atoms with E-state index in [4.69, 9.17) is 5.11 Å². The highest BCUT2D eigenvalue weighted by atomic mass is 79.9. The van der Waals surface area contributed by atoms with E-state index in [0.717, 1.165) is 21.4 Å². The average Bonchev–Trinajstić information content (AvgIpc) is 2.31. The van der Waals surface area contributed by atoms with E-state index < -0.39 is 0 Å². The summed E-state index contributed by atoms with van der Waals surface area (Å²) in [4.78, 5) is 0. The van der Waals surface area contributed by atoms with Crippen LogP contribution < -0.4 is 0 Å². The molecule has 1 aromatic carbocycles. The second kappa shape index (κ2) is 2.71. The molecule has 2 rings (SSSR count). The van der Waals surface area contributed by atoms with Crippen LogP contribution in [0, 0.1) is 5.13 Å². The minimum atomic E-state index is -0.254. The lowest BCUT2D eigenvalue weighted by Gasteiger charge is -1.91. The Balaban J connectivity index is 2.88. The van der Waals surface area contributed by atoms with Crippen molar-refractivity contribution in [3.8, 4) is 5.75 Å². The van der Waals surface area contributed by atoms with Crippen molar-refractivity contribution in [3.05, 3.63) is 27.8 Å². The number of rotatable bonds is 0. The molecular formula is C8H4BrFOS. The number of benzene rings is 1. The van der Waals surface area contributed by atoms with E-state index in [1.165, 1.54) is 0 Å². The average molecular weight is 247 g/mol. The van der Waals surface area contributed by atoms with E-state index in [1.807, 2.05) is 0 Å². The van der Waals surface area contributed by atoms with Crippen molar-refractivity contribution in [2.24, 2.45) is 0 Å². The Labute approximate surface area is 80.6 Å². The maximum absolute atomic E-state index is 13.0. The fourth-order valence-electron chi connectivity index (χ4n) is 1.03. The lowest BCUT2D eigenvalue weighted by Crippen LogP contribution is -1.65. The van der Waals surface area contributed by atoms with Gasteiger partial charge in [-0.25, -0.2) is 0 Å². The summed E-state index contributed by atoms with van der Waals surface area (Å²) >= 11 is 4.17. The van der Waals surface area contributed by atoms with Crippen molar-refractivity contribution >= 4 is 37.4 Å². The van der Waals surface area contributed by atoms with Crippen LogP contribution in [-0.2, 0) is 0 Å². The zero-order valence-corrected chi connectivity index (χ0v) is 8.25. The predicted octanol–water partition coefficient (Wildman–Crippen LogP) is 3.51. The molecule has 4 heteroatoms. The van der Waals surface area contributed by atoms with Crippen molar-refractivity contribution in [1.82, 2.24) is 0 Å². The molecule has 0 atom stereocenters. The first kappa shape index (κ1) is 8.01. The van der Waals surface area contributed by atoms with Crippen LogP contribution in [0.3, 0.4) is 0 Å². The lowest BCUT2D eigenvalue weighted by atomic mass is 10.2. The monoisotopic (exact) mass is 246 g/mol. The minimum absolute atomic E-state index is 0.154. The van der Waals surface area contributed by atoms with Crippen molar-refractivity contribution < 1.29 is 9.50 Å². The SMILES string of the molecule is Oc1ccc2sc(F)c(Br)c2c1. The molecule has 0 radical (unpaired) electrons. The Morgan fingerprint density at radius 2 is 2.17 bits per heavy atom. The molecule has 1 aromatic heterocycles. The number of phenols is 1. The zero-order valence-electron chi connectivity index (χ0n) is 5.84. The molecule has 12 heavy (non-hydrogen) atoms. The summed E-state index contributed by atoms with van der Waals surface area (Å²) < 4.78 is 14.2. The highest BCUT2D eigenvalue weighted by molar-refractivity contribution is 9.10. The van der Waals surface area contributed by atoms with Gasteiger partial charge in [-0.2, -0.15) is 4.39 Å². The largest absolute Gasteiger partial charge is 0.508 e. The summed E-state index contributed by atoms with van der Waals surface area (Å²) in [5.41, 5.74) is 0. The number of fused-ring (bicyclic) bond motifs is 1. The first-order valence-corrected chi connectivity index (χ1v) is 4.86. The molecule has 62 valence electrons. The van der Waals surface area contributed by atoms with E-state index >= 15 is 0 Å². The van der Waals surface area contributed by atoms with E-state index in [1.54, 1.807) is 18.2 Å². The summed E-state index contributed by atoms with van der Waals surface area (Å²) in [5.74, 6) is 0.154. The summed E-state index contributed by atoms with van der Waals surface area (Å²) in [5, 5.41) is 9.59. The van der Waals surface area contributed by atoms with Crippen molar-refractivity contribution in [3.63, 3.8) is 0 Å². The molecule has 2 aromatic rings. The number of hydrogen-bond donors (Lipinski definition) is 1. The van der Waals surface area contributed by atoms with E-state index in [-0.39, 0.29) is 10.9 Å². The first-order chi connectivity index (χ1) is 5.68. The standard InChI is InChI=1S/C8H4BrFOS/c9-7-5-3-4(11)1-2-6(5)12-8(7)10/h1-3,11H. The molecule has 0 saturated carbocycles.